The number of rotatable bonds is 6. The third-order valence-electron chi connectivity index (χ3n) is 3.54. The molecule has 7 nitrogen and oxygen atoms in total. The van der Waals surface area contributed by atoms with E-state index < -0.39 is 5.82 Å². The number of nitrogens with one attached hydrogen (secondary N) is 1. The van der Waals surface area contributed by atoms with Gasteiger partial charge in [-0.25, -0.2) is 19.3 Å². The van der Waals surface area contributed by atoms with Gasteiger partial charge in [0, 0.05) is 25.1 Å². The molecule has 0 amide bonds. The Morgan fingerprint density at radius 2 is 2.04 bits per heavy atom. The van der Waals surface area contributed by atoms with E-state index in [2.05, 4.69) is 19.9 Å². The van der Waals surface area contributed by atoms with E-state index >= 15 is 0 Å². The normalized spacial score (nSPS) is 12.2. The minimum atomic E-state index is -0.495. The standard InChI is InChI=1S/C17H17ClFN5O2/c1-9(8-25-2)26-17-21-6-10(7-22-17)14-15(20)24-16(23-14)13-11(18)4-3-5-12(13)19/h3-7,9H,8,20H2,1-2H3,(H,23,24). The van der Waals surface area contributed by atoms with Crippen LogP contribution < -0.4 is 10.5 Å². The van der Waals surface area contributed by atoms with Crippen molar-refractivity contribution in [1.82, 2.24) is 19.9 Å². The van der Waals surface area contributed by atoms with Crippen LogP contribution in [0.5, 0.6) is 6.01 Å². The summed E-state index contributed by atoms with van der Waals surface area (Å²) in [6, 6.07) is 4.61. The van der Waals surface area contributed by atoms with Gasteiger partial charge in [0.05, 0.1) is 17.2 Å². The largest absolute Gasteiger partial charge is 0.458 e. The average Bonchev–Trinajstić information content (AvgIpc) is 2.97. The molecule has 1 unspecified atom stereocenters. The van der Waals surface area contributed by atoms with Crippen molar-refractivity contribution in [2.75, 3.05) is 19.5 Å². The summed E-state index contributed by atoms with van der Waals surface area (Å²) in [6.45, 7) is 2.26. The van der Waals surface area contributed by atoms with Crippen molar-refractivity contribution in [3.63, 3.8) is 0 Å². The number of nitrogen functional groups attached to an aromatic ring is 1. The first-order chi connectivity index (χ1) is 12.5. The summed E-state index contributed by atoms with van der Waals surface area (Å²) in [5, 5.41) is 0.234. The van der Waals surface area contributed by atoms with Gasteiger partial charge in [-0.15, -0.1) is 0 Å². The second-order valence-corrected chi connectivity index (χ2v) is 5.99. The Morgan fingerprint density at radius 3 is 2.69 bits per heavy atom. The van der Waals surface area contributed by atoms with Crippen LogP contribution in [0.2, 0.25) is 5.02 Å². The molecule has 26 heavy (non-hydrogen) atoms. The van der Waals surface area contributed by atoms with E-state index in [1.807, 2.05) is 6.92 Å². The molecule has 0 bridgehead atoms. The lowest BCUT2D eigenvalue weighted by molar-refractivity contribution is 0.0855. The van der Waals surface area contributed by atoms with Gasteiger partial charge in [-0.3, -0.25) is 0 Å². The number of benzene rings is 1. The van der Waals surface area contributed by atoms with Crippen molar-refractivity contribution in [2.45, 2.75) is 13.0 Å². The molecule has 0 saturated heterocycles. The molecule has 1 aromatic carbocycles. The van der Waals surface area contributed by atoms with Crippen LogP contribution in [-0.2, 0) is 4.74 Å². The molecule has 0 spiro atoms. The van der Waals surface area contributed by atoms with E-state index in [1.54, 1.807) is 13.2 Å². The second-order valence-electron chi connectivity index (χ2n) is 5.58. The summed E-state index contributed by atoms with van der Waals surface area (Å²) >= 11 is 6.07. The summed E-state index contributed by atoms with van der Waals surface area (Å²) in [5.41, 5.74) is 7.09. The highest BCUT2D eigenvalue weighted by Crippen LogP contribution is 2.32. The maximum Gasteiger partial charge on any atom is 0.316 e. The number of aromatic nitrogens is 4. The quantitative estimate of drug-likeness (QED) is 0.683. The molecule has 2 heterocycles. The van der Waals surface area contributed by atoms with Crippen LogP contribution in [-0.4, -0.2) is 39.8 Å². The highest BCUT2D eigenvalue weighted by atomic mass is 35.5. The number of imidazole rings is 1. The van der Waals surface area contributed by atoms with Gasteiger partial charge in [-0.1, -0.05) is 17.7 Å². The maximum absolute atomic E-state index is 14.1. The number of nitrogens with zero attached hydrogens (tertiary/aromatic N) is 3. The Hall–Kier alpha value is -2.71. The van der Waals surface area contributed by atoms with Crippen LogP contribution in [0.15, 0.2) is 30.6 Å². The molecular weight excluding hydrogens is 361 g/mol. The zero-order valence-corrected chi connectivity index (χ0v) is 14.9. The van der Waals surface area contributed by atoms with E-state index in [9.17, 15) is 4.39 Å². The summed E-state index contributed by atoms with van der Waals surface area (Å²) in [4.78, 5) is 15.5. The molecule has 0 fully saturated rings. The smallest absolute Gasteiger partial charge is 0.316 e. The molecule has 1 atom stereocenters. The number of anilines is 1. The van der Waals surface area contributed by atoms with E-state index in [1.165, 1.54) is 24.5 Å². The minimum Gasteiger partial charge on any atom is -0.458 e. The van der Waals surface area contributed by atoms with Crippen molar-refractivity contribution in [3.8, 4) is 28.7 Å². The van der Waals surface area contributed by atoms with E-state index in [-0.39, 0.29) is 34.3 Å². The van der Waals surface area contributed by atoms with Gasteiger partial charge in [0.1, 0.15) is 29.3 Å². The third kappa shape index (κ3) is 3.76. The number of hydrogen-bond donors (Lipinski definition) is 2. The highest BCUT2D eigenvalue weighted by molar-refractivity contribution is 6.33. The van der Waals surface area contributed by atoms with Crippen LogP contribution in [0.3, 0.4) is 0 Å². The van der Waals surface area contributed by atoms with Gasteiger partial charge in [0.25, 0.3) is 0 Å². The van der Waals surface area contributed by atoms with E-state index in [0.717, 1.165) is 0 Å². The Balaban J connectivity index is 1.88. The molecule has 3 rings (SSSR count). The lowest BCUT2D eigenvalue weighted by atomic mass is 10.2. The molecule has 0 aliphatic heterocycles. The average molecular weight is 378 g/mol. The van der Waals surface area contributed by atoms with Gasteiger partial charge < -0.3 is 20.2 Å². The molecule has 9 heteroatoms. The summed E-state index contributed by atoms with van der Waals surface area (Å²) < 4.78 is 24.6. The number of ether oxygens (including phenoxy) is 2. The SMILES string of the molecule is COCC(C)Oc1ncc(-c2nc(-c3c(F)cccc3Cl)[nH]c2N)cn1. The Labute approximate surface area is 154 Å². The number of hydrogen-bond acceptors (Lipinski definition) is 6. The topological polar surface area (TPSA) is 98.9 Å². The van der Waals surface area contributed by atoms with Crippen molar-refractivity contribution < 1.29 is 13.9 Å². The Morgan fingerprint density at radius 1 is 1.31 bits per heavy atom. The van der Waals surface area contributed by atoms with Crippen molar-refractivity contribution in [3.05, 3.63) is 41.4 Å². The van der Waals surface area contributed by atoms with Crippen LogP contribution >= 0.6 is 11.6 Å². The lowest BCUT2D eigenvalue weighted by Gasteiger charge is -2.11. The molecular formula is C17H17ClFN5O2. The van der Waals surface area contributed by atoms with Crippen molar-refractivity contribution >= 4 is 17.4 Å². The fourth-order valence-electron chi connectivity index (χ4n) is 2.40. The van der Waals surface area contributed by atoms with Gasteiger partial charge >= 0.3 is 6.01 Å². The molecule has 0 aliphatic rings. The zero-order chi connectivity index (χ0) is 18.7. The van der Waals surface area contributed by atoms with Crippen LogP contribution in [0.4, 0.5) is 10.2 Å². The van der Waals surface area contributed by atoms with E-state index in [0.29, 0.717) is 17.9 Å². The van der Waals surface area contributed by atoms with Crippen molar-refractivity contribution in [1.29, 1.82) is 0 Å². The molecule has 2 aromatic heterocycles. The number of H-pyrrole nitrogens is 1. The predicted octanol–water partition coefficient (Wildman–Crippen LogP) is 3.32. The van der Waals surface area contributed by atoms with Crippen molar-refractivity contribution in [2.24, 2.45) is 0 Å². The monoisotopic (exact) mass is 377 g/mol. The van der Waals surface area contributed by atoms with Crippen LogP contribution in [0, 0.1) is 5.82 Å². The highest BCUT2D eigenvalue weighted by Gasteiger charge is 2.17. The second kappa shape index (κ2) is 7.67. The molecule has 0 radical (unpaired) electrons. The first kappa shape index (κ1) is 18.1. The lowest BCUT2D eigenvalue weighted by Crippen LogP contribution is -2.19. The Bertz CT molecular complexity index is 880. The van der Waals surface area contributed by atoms with Gasteiger partial charge in [0.2, 0.25) is 0 Å². The minimum absolute atomic E-state index is 0.154. The zero-order valence-electron chi connectivity index (χ0n) is 14.2. The predicted molar refractivity (Wildman–Crippen MR) is 96.4 cm³/mol. The maximum atomic E-state index is 14.1. The molecule has 136 valence electrons. The number of methoxy groups -OCH3 is 1. The molecule has 3 aromatic rings. The third-order valence-corrected chi connectivity index (χ3v) is 3.86. The summed E-state index contributed by atoms with van der Waals surface area (Å²) in [5.74, 6) is -0.0103. The number of nitrogens with two attached hydrogens (primary N) is 1. The fraction of sp³-hybridized carbons (Fsp3) is 0.235. The molecule has 0 saturated carbocycles. The summed E-state index contributed by atoms with van der Waals surface area (Å²) in [6.07, 6.45) is 2.87. The molecule has 0 aliphatic carbocycles. The summed E-state index contributed by atoms with van der Waals surface area (Å²) in [7, 11) is 1.59. The van der Waals surface area contributed by atoms with E-state index in [4.69, 9.17) is 26.8 Å². The molecule has 3 N–H and O–H groups in total. The first-order valence-electron chi connectivity index (χ1n) is 7.77. The first-order valence-corrected chi connectivity index (χ1v) is 8.15. The van der Waals surface area contributed by atoms with Crippen LogP contribution in [0.1, 0.15) is 6.92 Å². The number of aromatic amines is 1. The Kier molecular flexibility index (Phi) is 5.34. The van der Waals surface area contributed by atoms with Gasteiger partial charge in [0.15, 0.2) is 0 Å². The van der Waals surface area contributed by atoms with Gasteiger partial charge in [-0.05, 0) is 19.1 Å². The fourth-order valence-corrected chi connectivity index (χ4v) is 2.65. The number of halogens is 2. The van der Waals surface area contributed by atoms with Crippen LogP contribution in [0.25, 0.3) is 22.6 Å². The van der Waals surface area contributed by atoms with Gasteiger partial charge in [-0.2, -0.15) is 0 Å².